The summed E-state index contributed by atoms with van der Waals surface area (Å²) >= 11 is 1.58. The van der Waals surface area contributed by atoms with Gasteiger partial charge in [-0.3, -0.25) is 4.79 Å². The fourth-order valence-electron chi connectivity index (χ4n) is 1.84. The molecule has 1 amide bonds. The predicted molar refractivity (Wildman–Crippen MR) is 79.8 cm³/mol. The summed E-state index contributed by atoms with van der Waals surface area (Å²) in [5.74, 6) is -0.0319. The second-order valence-electron chi connectivity index (χ2n) is 5.06. The molecule has 0 aliphatic heterocycles. The molecule has 20 heavy (non-hydrogen) atoms. The molecule has 5 nitrogen and oxygen atoms in total. The molecule has 1 unspecified atom stereocenters. The highest BCUT2D eigenvalue weighted by Crippen LogP contribution is 2.22. The molecule has 3 N–H and O–H groups in total. The van der Waals surface area contributed by atoms with E-state index in [1.54, 1.807) is 23.6 Å². The molecule has 2 aromatic heterocycles. The summed E-state index contributed by atoms with van der Waals surface area (Å²) in [7, 11) is 0. The molecule has 6 heteroatoms. The summed E-state index contributed by atoms with van der Waals surface area (Å²) in [6.07, 6.45) is 1.77. The number of H-pyrrole nitrogens is 1. The van der Waals surface area contributed by atoms with Gasteiger partial charge in [-0.1, -0.05) is 13.8 Å². The van der Waals surface area contributed by atoms with Crippen molar-refractivity contribution >= 4 is 17.2 Å². The van der Waals surface area contributed by atoms with E-state index in [9.17, 15) is 9.90 Å². The highest BCUT2D eigenvalue weighted by Gasteiger charge is 2.17. The van der Waals surface area contributed by atoms with Gasteiger partial charge in [-0.15, -0.1) is 11.3 Å². The van der Waals surface area contributed by atoms with E-state index in [1.807, 2.05) is 26.2 Å². The Morgan fingerprint density at radius 1 is 1.55 bits per heavy atom. The molecular formula is C14H19N3O2S. The van der Waals surface area contributed by atoms with Crippen LogP contribution in [-0.2, 0) is 0 Å². The number of nitrogens with zero attached hydrogens (tertiary/aromatic N) is 1. The molecular weight excluding hydrogens is 274 g/mol. The molecule has 0 saturated carbocycles. The maximum absolute atomic E-state index is 12.1. The number of nitrogens with one attached hydrogen (secondary N) is 2. The largest absolute Gasteiger partial charge is 0.394 e. The number of carbonyl (C=O) groups excluding carboxylic acids is 1. The Labute approximate surface area is 122 Å². The van der Waals surface area contributed by atoms with E-state index in [0.717, 1.165) is 16.3 Å². The summed E-state index contributed by atoms with van der Waals surface area (Å²) in [4.78, 5) is 19.4. The number of aliphatic hydroxyl groups is 1. The zero-order chi connectivity index (χ0) is 14.7. The van der Waals surface area contributed by atoms with E-state index in [2.05, 4.69) is 15.3 Å². The summed E-state index contributed by atoms with van der Waals surface area (Å²) < 4.78 is 0. The van der Waals surface area contributed by atoms with Crippen LogP contribution in [0, 0.1) is 12.8 Å². The highest BCUT2D eigenvalue weighted by molar-refractivity contribution is 7.09. The molecule has 108 valence electrons. The Bertz CT molecular complexity index is 589. The lowest BCUT2D eigenvalue weighted by Crippen LogP contribution is -2.41. The molecule has 2 rings (SSSR count). The number of aromatic amines is 1. The van der Waals surface area contributed by atoms with Crippen molar-refractivity contribution in [3.8, 4) is 11.3 Å². The van der Waals surface area contributed by atoms with Crippen LogP contribution in [-0.4, -0.2) is 33.6 Å². The van der Waals surface area contributed by atoms with E-state index in [4.69, 9.17) is 0 Å². The van der Waals surface area contributed by atoms with Crippen LogP contribution in [0.15, 0.2) is 17.6 Å². The number of aliphatic hydroxyl groups excluding tert-OH is 1. The topological polar surface area (TPSA) is 78.0 Å². The smallest absolute Gasteiger partial charge is 0.268 e. The molecule has 0 spiro atoms. The van der Waals surface area contributed by atoms with Crippen molar-refractivity contribution in [1.29, 1.82) is 0 Å². The first-order chi connectivity index (χ1) is 9.51. The first-order valence-corrected chi connectivity index (χ1v) is 7.42. The zero-order valence-electron chi connectivity index (χ0n) is 11.8. The summed E-state index contributed by atoms with van der Waals surface area (Å²) in [6.45, 7) is 5.80. The van der Waals surface area contributed by atoms with Crippen LogP contribution in [0.1, 0.15) is 29.3 Å². The van der Waals surface area contributed by atoms with Gasteiger partial charge in [0.1, 0.15) is 5.69 Å². The minimum atomic E-state index is -0.240. The fraction of sp³-hybridized carbons (Fsp3) is 0.429. The van der Waals surface area contributed by atoms with Crippen molar-refractivity contribution in [2.24, 2.45) is 5.92 Å². The van der Waals surface area contributed by atoms with Gasteiger partial charge in [-0.2, -0.15) is 0 Å². The number of hydrogen-bond donors (Lipinski definition) is 3. The van der Waals surface area contributed by atoms with Crippen LogP contribution >= 0.6 is 11.3 Å². The second-order valence-corrected chi connectivity index (χ2v) is 6.12. The van der Waals surface area contributed by atoms with Crippen molar-refractivity contribution in [3.63, 3.8) is 0 Å². The van der Waals surface area contributed by atoms with Crippen LogP contribution in [0.5, 0.6) is 0 Å². The Morgan fingerprint density at radius 3 is 2.85 bits per heavy atom. The first-order valence-electron chi connectivity index (χ1n) is 6.54. The Hall–Kier alpha value is -1.66. The van der Waals surface area contributed by atoms with Gasteiger partial charge in [-0.25, -0.2) is 4.98 Å². The molecule has 0 fully saturated rings. The van der Waals surface area contributed by atoms with Crippen molar-refractivity contribution < 1.29 is 9.90 Å². The molecule has 0 bridgehead atoms. The lowest BCUT2D eigenvalue weighted by atomic mass is 10.1. The summed E-state index contributed by atoms with van der Waals surface area (Å²) in [6, 6.07) is 1.54. The van der Waals surface area contributed by atoms with Crippen molar-refractivity contribution in [1.82, 2.24) is 15.3 Å². The molecule has 0 radical (unpaired) electrons. The van der Waals surface area contributed by atoms with Gasteiger partial charge in [0.15, 0.2) is 0 Å². The summed E-state index contributed by atoms with van der Waals surface area (Å²) in [5, 5.41) is 15.0. The number of thiazole rings is 1. The average molecular weight is 293 g/mol. The Balaban J connectivity index is 2.10. The van der Waals surface area contributed by atoms with Gasteiger partial charge >= 0.3 is 0 Å². The van der Waals surface area contributed by atoms with Crippen LogP contribution in [0.25, 0.3) is 11.3 Å². The second kappa shape index (κ2) is 6.19. The normalized spacial score (nSPS) is 12.7. The van der Waals surface area contributed by atoms with Gasteiger partial charge in [0.25, 0.3) is 5.91 Å². The number of hydrogen-bond acceptors (Lipinski definition) is 4. The zero-order valence-corrected chi connectivity index (χ0v) is 12.6. The molecule has 2 aromatic rings. The first kappa shape index (κ1) is 14.7. The van der Waals surface area contributed by atoms with E-state index in [0.29, 0.717) is 5.69 Å². The van der Waals surface area contributed by atoms with E-state index < -0.39 is 0 Å². The SMILES string of the molecule is Cc1nc(-c2c[nH]c(C(=O)NC(CO)C(C)C)c2)cs1. The molecule has 0 aliphatic rings. The van der Waals surface area contributed by atoms with Crippen molar-refractivity contribution in [2.45, 2.75) is 26.8 Å². The molecule has 0 saturated heterocycles. The van der Waals surface area contributed by atoms with Crippen molar-refractivity contribution in [3.05, 3.63) is 28.3 Å². The standard InChI is InChI=1S/C14H19N3O2S/c1-8(2)12(6-18)17-14(19)11-4-10(5-15-11)13-7-20-9(3)16-13/h4-5,7-8,12,15,18H,6H2,1-3H3,(H,17,19). The number of rotatable bonds is 5. The van der Waals surface area contributed by atoms with Gasteiger partial charge in [0.2, 0.25) is 0 Å². The third-order valence-electron chi connectivity index (χ3n) is 3.16. The molecule has 0 aromatic carbocycles. The van der Waals surface area contributed by atoms with Crippen molar-refractivity contribution in [2.75, 3.05) is 6.61 Å². The van der Waals surface area contributed by atoms with E-state index >= 15 is 0 Å². The van der Waals surface area contributed by atoms with Crippen LogP contribution < -0.4 is 5.32 Å². The third-order valence-corrected chi connectivity index (χ3v) is 3.93. The van der Waals surface area contributed by atoms with Gasteiger partial charge < -0.3 is 15.4 Å². The average Bonchev–Trinajstić information content (AvgIpc) is 3.03. The van der Waals surface area contributed by atoms with Crippen LogP contribution in [0.3, 0.4) is 0 Å². The number of amides is 1. The molecule has 1 atom stereocenters. The number of carbonyl (C=O) groups is 1. The van der Waals surface area contributed by atoms with E-state index in [-0.39, 0.29) is 24.5 Å². The van der Waals surface area contributed by atoms with Gasteiger partial charge in [0.05, 0.1) is 23.4 Å². The maximum Gasteiger partial charge on any atom is 0.268 e. The lowest BCUT2D eigenvalue weighted by molar-refractivity contribution is 0.0892. The lowest BCUT2D eigenvalue weighted by Gasteiger charge is -2.19. The Kier molecular flexibility index (Phi) is 4.57. The minimum Gasteiger partial charge on any atom is -0.394 e. The van der Waals surface area contributed by atoms with E-state index in [1.165, 1.54) is 0 Å². The van der Waals surface area contributed by atoms with Gasteiger partial charge in [-0.05, 0) is 18.9 Å². The van der Waals surface area contributed by atoms with Crippen LogP contribution in [0.2, 0.25) is 0 Å². The molecule has 0 aliphatic carbocycles. The summed E-state index contributed by atoms with van der Waals surface area (Å²) in [5.41, 5.74) is 2.24. The van der Waals surface area contributed by atoms with Crippen LogP contribution in [0.4, 0.5) is 0 Å². The number of aryl methyl sites for hydroxylation is 1. The Morgan fingerprint density at radius 2 is 2.30 bits per heavy atom. The monoisotopic (exact) mass is 293 g/mol. The molecule has 2 heterocycles. The quantitative estimate of drug-likeness (QED) is 0.790. The third kappa shape index (κ3) is 3.26. The number of aromatic nitrogens is 2. The predicted octanol–water partition coefficient (Wildman–Crippen LogP) is 2.19. The maximum atomic E-state index is 12.1. The van der Waals surface area contributed by atoms with Gasteiger partial charge in [0, 0.05) is 17.1 Å². The fourth-order valence-corrected chi connectivity index (χ4v) is 2.46. The highest BCUT2D eigenvalue weighted by atomic mass is 32.1. The minimum absolute atomic E-state index is 0.0672.